The van der Waals surface area contributed by atoms with Gasteiger partial charge in [-0.25, -0.2) is 0 Å². The quantitative estimate of drug-likeness (QED) is 0.783. The van der Waals surface area contributed by atoms with E-state index in [4.69, 9.17) is 9.84 Å². The van der Waals surface area contributed by atoms with E-state index in [0.717, 1.165) is 24.4 Å². The molecule has 0 saturated carbocycles. The molecular weight excluding hydrogens is 334 g/mol. The van der Waals surface area contributed by atoms with E-state index < -0.39 is 0 Å². The summed E-state index contributed by atoms with van der Waals surface area (Å²) in [5.41, 5.74) is 1.03. The topological polar surface area (TPSA) is 73.3 Å². The molecule has 0 spiro atoms. The van der Waals surface area contributed by atoms with E-state index in [1.165, 1.54) is 0 Å². The first kappa shape index (κ1) is 18.7. The van der Waals surface area contributed by atoms with E-state index >= 15 is 0 Å². The van der Waals surface area contributed by atoms with Gasteiger partial charge in [-0.3, -0.25) is 14.5 Å². The van der Waals surface area contributed by atoms with Crippen LogP contribution in [0, 0.1) is 5.92 Å². The maximum atomic E-state index is 12.8. The fourth-order valence-electron chi connectivity index (χ4n) is 3.63. The first-order valence-electron chi connectivity index (χ1n) is 9.13. The van der Waals surface area contributed by atoms with Crippen LogP contribution in [0.1, 0.15) is 12.0 Å². The Morgan fingerprint density at radius 3 is 2.50 bits per heavy atom. The molecule has 1 aromatic carbocycles. The summed E-state index contributed by atoms with van der Waals surface area (Å²) in [6.45, 7) is 4.71. The Morgan fingerprint density at radius 1 is 1.19 bits per heavy atom. The summed E-state index contributed by atoms with van der Waals surface area (Å²) in [5.74, 6) is 0.664. The van der Waals surface area contributed by atoms with Crippen LogP contribution in [0.3, 0.4) is 0 Å². The minimum atomic E-state index is -0.245. The Kier molecular flexibility index (Phi) is 6.11. The Morgan fingerprint density at radius 2 is 1.88 bits per heavy atom. The van der Waals surface area contributed by atoms with Crippen molar-refractivity contribution in [2.75, 3.05) is 53.0 Å². The lowest BCUT2D eigenvalue weighted by atomic mass is 10.1. The van der Waals surface area contributed by atoms with Crippen LogP contribution < -0.4 is 4.74 Å². The third kappa shape index (κ3) is 4.34. The number of rotatable bonds is 6. The third-order valence-electron chi connectivity index (χ3n) is 5.20. The molecule has 0 bridgehead atoms. The summed E-state index contributed by atoms with van der Waals surface area (Å²) >= 11 is 0. The van der Waals surface area contributed by atoms with Crippen LogP contribution in [0.2, 0.25) is 0 Å². The molecule has 1 atom stereocenters. The molecule has 2 heterocycles. The number of piperazine rings is 1. The monoisotopic (exact) mass is 361 g/mol. The van der Waals surface area contributed by atoms with Crippen LogP contribution in [-0.4, -0.2) is 84.6 Å². The number of amides is 2. The molecule has 0 aliphatic carbocycles. The zero-order valence-electron chi connectivity index (χ0n) is 15.3. The smallest absolute Gasteiger partial charge is 0.228 e. The number of likely N-dealkylation sites (tertiary alicyclic amines) is 1. The maximum Gasteiger partial charge on any atom is 0.228 e. The predicted molar refractivity (Wildman–Crippen MR) is 96.6 cm³/mol. The van der Waals surface area contributed by atoms with Crippen LogP contribution in [0.15, 0.2) is 24.3 Å². The van der Waals surface area contributed by atoms with Crippen LogP contribution in [0.4, 0.5) is 0 Å². The second kappa shape index (κ2) is 8.51. The molecule has 1 N–H and O–H groups in total. The van der Waals surface area contributed by atoms with Crippen LogP contribution in [0.25, 0.3) is 0 Å². The van der Waals surface area contributed by atoms with Crippen LogP contribution in [-0.2, 0) is 16.1 Å². The van der Waals surface area contributed by atoms with E-state index in [-0.39, 0.29) is 24.3 Å². The number of benzene rings is 1. The maximum absolute atomic E-state index is 12.8. The van der Waals surface area contributed by atoms with Crippen molar-refractivity contribution < 1.29 is 19.4 Å². The number of methoxy groups -OCH3 is 1. The summed E-state index contributed by atoms with van der Waals surface area (Å²) in [6.07, 6.45) is 0.297. The predicted octanol–water partition coefficient (Wildman–Crippen LogP) is 0.180. The van der Waals surface area contributed by atoms with Crippen molar-refractivity contribution in [3.8, 4) is 5.75 Å². The molecule has 1 aromatic rings. The van der Waals surface area contributed by atoms with Crippen molar-refractivity contribution >= 4 is 11.8 Å². The summed E-state index contributed by atoms with van der Waals surface area (Å²) in [5, 5.41) is 9.00. The number of hydrogen-bond acceptors (Lipinski definition) is 5. The van der Waals surface area contributed by atoms with Gasteiger partial charge >= 0.3 is 0 Å². The second-order valence-corrected chi connectivity index (χ2v) is 6.91. The standard InChI is InChI=1S/C19H27N3O4/c1-26-17-4-2-15(3-5-17)13-22-14-16(12-18(22)24)19(25)21-8-6-20(7-9-21)10-11-23/h2-5,16,23H,6-14H2,1H3. The van der Waals surface area contributed by atoms with Gasteiger partial charge in [-0.15, -0.1) is 0 Å². The highest BCUT2D eigenvalue weighted by molar-refractivity contribution is 5.89. The molecule has 2 aliphatic heterocycles. The van der Waals surface area contributed by atoms with Crippen molar-refractivity contribution in [3.63, 3.8) is 0 Å². The van der Waals surface area contributed by atoms with Gasteiger partial charge in [0.05, 0.1) is 19.6 Å². The number of aliphatic hydroxyl groups excluding tert-OH is 1. The van der Waals surface area contributed by atoms with Crippen molar-refractivity contribution in [1.29, 1.82) is 0 Å². The number of hydrogen-bond donors (Lipinski definition) is 1. The SMILES string of the molecule is COc1ccc(CN2CC(C(=O)N3CCN(CCO)CC3)CC2=O)cc1. The molecule has 3 rings (SSSR count). The van der Waals surface area contributed by atoms with Gasteiger partial charge < -0.3 is 19.6 Å². The summed E-state index contributed by atoms with van der Waals surface area (Å²) in [6, 6.07) is 7.65. The van der Waals surface area contributed by atoms with Gasteiger partial charge in [0.1, 0.15) is 5.75 Å². The molecule has 2 amide bonds. The van der Waals surface area contributed by atoms with Crippen LogP contribution >= 0.6 is 0 Å². The zero-order valence-corrected chi connectivity index (χ0v) is 15.3. The van der Waals surface area contributed by atoms with Gasteiger partial charge in [0, 0.05) is 52.2 Å². The van der Waals surface area contributed by atoms with E-state index in [1.807, 2.05) is 29.2 Å². The normalized spacial score (nSPS) is 21.3. The number of ether oxygens (including phenoxy) is 1. The molecule has 2 aliphatic rings. The molecule has 2 saturated heterocycles. The zero-order chi connectivity index (χ0) is 18.5. The van der Waals surface area contributed by atoms with E-state index in [9.17, 15) is 9.59 Å². The molecule has 7 nitrogen and oxygen atoms in total. The molecular formula is C19H27N3O4. The van der Waals surface area contributed by atoms with Gasteiger partial charge in [0.2, 0.25) is 11.8 Å². The second-order valence-electron chi connectivity index (χ2n) is 6.91. The van der Waals surface area contributed by atoms with E-state index in [0.29, 0.717) is 39.1 Å². The summed E-state index contributed by atoms with van der Waals surface area (Å²) < 4.78 is 5.15. The number of nitrogens with zero attached hydrogens (tertiary/aromatic N) is 3. The first-order valence-corrected chi connectivity index (χ1v) is 9.13. The molecule has 2 fully saturated rings. The number of β-amino-alcohol motifs (C(OH)–C–C–N with tert-alkyl or cyclic N) is 1. The lowest BCUT2D eigenvalue weighted by Gasteiger charge is -2.35. The van der Waals surface area contributed by atoms with E-state index in [2.05, 4.69) is 4.90 Å². The molecule has 1 unspecified atom stereocenters. The number of carbonyl (C=O) groups is 2. The van der Waals surface area contributed by atoms with Gasteiger partial charge in [-0.05, 0) is 17.7 Å². The minimum Gasteiger partial charge on any atom is -0.497 e. The summed E-state index contributed by atoms with van der Waals surface area (Å²) in [4.78, 5) is 30.9. The van der Waals surface area contributed by atoms with Gasteiger partial charge in [0.25, 0.3) is 0 Å². The summed E-state index contributed by atoms with van der Waals surface area (Å²) in [7, 11) is 1.62. The Bertz CT molecular complexity index is 626. The van der Waals surface area contributed by atoms with Crippen LogP contribution in [0.5, 0.6) is 5.75 Å². The molecule has 0 radical (unpaired) electrons. The lowest BCUT2D eigenvalue weighted by molar-refractivity contribution is -0.137. The van der Waals surface area contributed by atoms with Crippen molar-refractivity contribution in [2.24, 2.45) is 5.92 Å². The van der Waals surface area contributed by atoms with Crippen molar-refractivity contribution in [1.82, 2.24) is 14.7 Å². The van der Waals surface area contributed by atoms with Gasteiger partial charge in [-0.2, -0.15) is 0 Å². The Labute approximate surface area is 154 Å². The van der Waals surface area contributed by atoms with Gasteiger partial charge in [-0.1, -0.05) is 12.1 Å². The average Bonchev–Trinajstić information content (AvgIpc) is 3.03. The molecule has 26 heavy (non-hydrogen) atoms. The Hall–Kier alpha value is -2.12. The first-order chi connectivity index (χ1) is 12.6. The molecule has 142 valence electrons. The largest absolute Gasteiger partial charge is 0.497 e. The average molecular weight is 361 g/mol. The number of aliphatic hydroxyl groups is 1. The van der Waals surface area contributed by atoms with Crippen molar-refractivity contribution in [3.05, 3.63) is 29.8 Å². The highest BCUT2D eigenvalue weighted by Gasteiger charge is 2.37. The lowest BCUT2D eigenvalue weighted by Crippen LogP contribution is -2.51. The fourth-order valence-corrected chi connectivity index (χ4v) is 3.63. The molecule has 7 heteroatoms. The van der Waals surface area contributed by atoms with Crippen molar-refractivity contribution in [2.45, 2.75) is 13.0 Å². The minimum absolute atomic E-state index is 0.0399. The molecule has 0 aromatic heterocycles. The highest BCUT2D eigenvalue weighted by atomic mass is 16.5. The third-order valence-corrected chi connectivity index (χ3v) is 5.20. The highest BCUT2D eigenvalue weighted by Crippen LogP contribution is 2.23. The van der Waals surface area contributed by atoms with E-state index in [1.54, 1.807) is 12.0 Å². The van der Waals surface area contributed by atoms with Gasteiger partial charge in [0.15, 0.2) is 0 Å². The Balaban J connectivity index is 1.53. The fraction of sp³-hybridized carbons (Fsp3) is 0.579. The number of carbonyl (C=O) groups excluding carboxylic acids is 2.